The first-order valence-corrected chi connectivity index (χ1v) is 10.7. The van der Waals surface area contributed by atoms with E-state index in [1.54, 1.807) is 24.5 Å². The van der Waals surface area contributed by atoms with E-state index >= 15 is 0 Å². The van der Waals surface area contributed by atoms with E-state index in [1.165, 1.54) is 0 Å². The van der Waals surface area contributed by atoms with Crippen LogP contribution in [-0.2, 0) is 0 Å². The van der Waals surface area contributed by atoms with Crippen molar-refractivity contribution < 1.29 is 9.53 Å². The van der Waals surface area contributed by atoms with Crippen LogP contribution in [0.3, 0.4) is 0 Å². The van der Waals surface area contributed by atoms with E-state index in [1.807, 2.05) is 56.3 Å². The number of hydrogen-bond donors (Lipinski definition) is 1. The van der Waals surface area contributed by atoms with E-state index in [4.69, 9.17) is 9.72 Å². The number of carbonyl (C=O) groups is 1. The molecule has 146 valence electrons. The summed E-state index contributed by atoms with van der Waals surface area (Å²) in [6.45, 7) is 3.92. The van der Waals surface area contributed by atoms with Gasteiger partial charge in [0.1, 0.15) is 10.8 Å². The number of methoxy groups -OCH3 is 1. The van der Waals surface area contributed by atoms with Crippen molar-refractivity contribution in [3.63, 3.8) is 0 Å². The molecule has 0 aliphatic heterocycles. The lowest BCUT2D eigenvalue weighted by atomic mass is 10.1. The van der Waals surface area contributed by atoms with Crippen molar-refractivity contribution in [1.29, 1.82) is 0 Å². The van der Waals surface area contributed by atoms with Crippen LogP contribution in [0.15, 0.2) is 59.1 Å². The third-order valence-electron chi connectivity index (χ3n) is 4.79. The van der Waals surface area contributed by atoms with Gasteiger partial charge >= 0.3 is 0 Å². The summed E-state index contributed by atoms with van der Waals surface area (Å²) in [6, 6.07) is 17.7. The quantitative estimate of drug-likeness (QED) is 0.368. The van der Waals surface area contributed by atoms with Crippen LogP contribution >= 0.6 is 27.3 Å². The van der Waals surface area contributed by atoms with E-state index in [-0.39, 0.29) is 5.91 Å². The van der Waals surface area contributed by atoms with Crippen molar-refractivity contribution in [3.8, 4) is 16.3 Å². The number of rotatable bonds is 4. The van der Waals surface area contributed by atoms with Gasteiger partial charge in [-0.25, -0.2) is 4.98 Å². The van der Waals surface area contributed by atoms with Crippen molar-refractivity contribution in [2.45, 2.75) is 13.8 Å². The van der Waals surface area contributed by atoms with Gasteiger partial charge in [-0.2, -0.15) is 0 Å². The Morgan fingerprint density at radius 3 is 2.66 bits per heavy atom. The predicted molar refractivity (Wildman–Crippen MR) is 123 cm³/mol. The Morgan fingerprint density at radius 2 is 1.90 bits per heavy atom. The number of anilines is 1. The number of benzene rings is 3. The number of hydrogen-bond acceptors (Lipinski definition) is 4. The first-order chi connectivity index (χ1) is 14.0. The molecule has 0 radical (unpaired) electrons. The molecule has 4 rings (SSSR count). The summed E-state index contributed by atoms with van der Waals surface area (Å²) in [7, 11) is 1.58. The van der Waals surface area contributed by atoms with Crippen LogP contribution < -0.4 is 10.1 Å². The van der Waals surface area contributed by atoms with Crippen LogP contribution in [0.1, 0.15) is 21.5 Å². The van der Waals surface area contributed by atoms with E-state index in [9.17, 15) is 4.79 Å². The summed E-state index contributed by atoms with van der Waals surface area (Å²) in [5, 5.41) is 3.98. The number of fused-ring (bicyclic) bond motifs is 1. The average molecular weight is 467 g/mol. The Kier molecular flexibility index (Phi) is 5.39. The zero-order valence-electron chi connectivity index (χ0n) is 16.2. The predicted octanol–water partition coefficient (Wildman–Crippen LogP) is 6.60. The van der Waals surface area contributed by atoms with E-state index in [0.29, 0.717) is 11.3 Å². The molecule has 0 saturated carbocycles. The minimum absolute atomic E-state index is 0.212. The highest BCUT2D eigenvalue weighted by Crippen LogP contribution is 2.35. The summed E-state index contributed by atoms with van der Waals surface area (Å²) >= 11 is 5.11. The summed E-state index contributed by atoms with van der Waals surface area (Å²) in [5.41, 5.74) is 5.12. The van der Waals surface area contributed by atoms with Gasteiger partial charge in [-0.1, -0.05) is 40.2 Å². The minimum atomic E-state index is -0.212. The Hall–Kier alpha value is -2.70. The molecule has 1 aromatic heterocycles. The molecule has 0 spiro atoms. The zero-order chi connectivity index (χ0) is 20.5. The van der Waals surface area contributed by atoms with Crippen LogP contribution in [0.25, 0.3) is 20.8 Å². The van der Waals surface area contributed by atoms with Crippen LogP contribution in [0.5, 0.6) is 5.75 Å². The number of halogens is 1. The molecule has 0 aliphatic carbocycles. The number of nitrogens with one attached hydrogen (secondary N) is 1. The van der Waals surface area contributed by atoms with Crippen LogP contribution in [-0.4, -0.2) is 18.0 Å². The van der Waals surface area contributed by atoms with Gasteiger partial charge in [-0.3, -0.25) is 4.79 Å². The fourth-order valence-corrected chi connectivity index (χ4v) is 4.97. The molecule has 0 saturated heterocycles. The molecule has 1 heterocycles. The Labute approximate surface area is 181 Å². The first kappa shape index (κ1) is 19.6. The molecule has 1 N–H and O–H groups in total. The summed E-state index contributed by atoms with van der Waals surface area (Å²) < 4.78 is 7.44. The largest absolute Gasteiger partial charge is 0.496 e. The third-order valence-corrected chi connectivity index (χ3v) is 6.32. The van der Waals surface area contributed by atoms with Gasteiger partial charge in [-0.05, 0) is 55.3 Å². The second-order valence-corrected chi connectivity index (χ2v) is 8.67. The molecule has 4 nitrogen and oxygen atoms in total. The number of ether oxygens (including phenoxy) is 1. The Bertz CT molecular complexity index is 1200. The molecule has 0 fully saturated rings. The van der Waals surface area contributed by atoms with Crippen molar-refractivity contribution in [3.05, 3.63) is 75.8 Å². The summed E-state index contributed by atoms with van der Waals surface area (Å²) in [5.74, 6) is 0.362. The number of amides is 1. The highest BCUT2D eigenvalue weighted by atomic mass is 79.9. The van der Waals surface area contributed by atoms with Crippen LogP contribution in [0, 0.1) is 13.8 Å². The van der Waals surface area contributed by atoms with Gasteiger partial charge in [0, 0.05) is 15.7 Å². The molecule has 0 bridgehead atoms. The van der Waals surface area contributed by atoms with Crippen LogP contribution in [0.2, 0.25) is 0 Å². The molecule has 0 aliphatic rings. The van der Waals surface area contributed by atoms with E-state index < -0.39 is 0 Å². The number of aromatic nitrogens is 1. The van der Waals surface area contributed by atoms with E-state index in [2.05, 4.69) is 27.3 Å². The average Bonchev–Trinajstić information content (AvgIpc) is 3.13. The lowest BCUT2D eigenvalue weighted by molar-refractivity contribution is 0.102. The maximum absolute atomic E-state index is 13.0. The highest BCUT2D eigenvalue weighted by molar-refractivity contribution is 9.10. The number of nitrogens with zero attached hydrogens (tertiary/aromatic N) is 1. The van der Waals surface area contributed by atoms with Crippen LogP contribution in [0.4, 0.5) is 5.69 Å². The standard InChI is InChI=1S/C23H19BrN2O2S/c1-13-11-15(24)12-17(21(13)28-3)22(27)25-18-9-6-7-16(14(18)2)23-26-19-8-4-5-10-20(19)29-23/h4-12H,1-3H3,(H,25,27). The fraction of sp³-hybridized carbons (Fsp3) is 0.130. The number of carbonyl (C=O) groups excluding carboxylic acids is 1. The molecule has 0 atom stereocenters. The van der Waals surface area contributed by atoms with Gasteiger partial charge in [-0.15, -0.1) is 11.3 Å². The Morgan fingerprint density at radius 1 is 1.10 bits per heavy atom. The smallest absolute Gasteiger partial charge is 0.259 e. The molecular formula is C23H19BrN2O2S. The van der Waals surface area contributed by atoms with Crippen molar-refractivity contribution in [1.82, 2.24) is 4.98 Å². The highest BCUT2D eigenvalue weighted by Gasteiger charge is 2.18. The lowest BCUT2D eigenvalue weighted by Gasteiger charge is -2.14. The first-order valence-electron chi connectivity index (χ1n) is 9.09. The maximum Gasteiger partial charge on any atom is 0.259 e. The number of thiazole rings is 1. The molecule has 6 heteroatoms. The molecule has 1 amide bonds. The van der Waals surface area contributed by atoms with Gasteiger partial charge < -0.3 is 10.1 Å². The second kappa shape index (κ2) is 7.97. The normalized spacial score (nSPS) is 10.9. The topological polar surface area (TPSA) is 51.2 Å². The lowest BCUT2D eigenvalue weighted by Crippen LogP contribution is -2.15. The van der Waals surface area contributed by atoms with Gasteiger partial charge in [0.25, 0.3) is 5.91 Å². The SMILES string of the molecule is COc1c(C)cc(Br)cc1C(=O)Nc1cccc(-c2nc3ccccc3s2)c1C. The number of aryl methyl sites for hydroxylation is 1. The maximum atomic E-state index is 13.0. The van der Waals surface area contributed by atoms with Gasteiger partial charge in [0.2, 0.25) is 0 Å². The molecule has 29 heavy (non-hydrogen) atoms. The summed E-state index contributed by atoms with van der Waals surface area (Å²) in [6.07, 6.45) is 0. The van der Waals surface area contributed by atoms with Crippen molar-refractivity contribution in [2.75, 3.05) is 12.4 Å². The van der Waals surface area contributed by atoms with Crippen molar-refractivity contribution >= 4 is 49.1 Å². The molecule has 4 aromatic rings. The molecular weight excluding hydrogens is 448 g/mol. The monoisotopic (exact) mass is 466 g/mol. The van der Waals surface area contributed by atoms with Gasteiger partial charge in [0.15, 0.2) is 0 Å². The second-order valence-electron chi connectivity index (χ2n) is 6.72. The fourth-order valence-electron chi connectivity index (χ4n) is 3.35. The molecule has 3 aromatic carbocycles. The molecule has 0 unspecified atom stereocenters. The van der Waals surface area contributed by atoms with Crippen molar-refractivity contribution in [2.24, 2.45) is 0 Å². The third kappa shape index (κ3) is 3.78. The van der Waals surface area contributed by atoms with E-state index in [0.717, 1.165) is 42.1 Å². The van der Waals surface area contributed by atoms with Gasteiger partial charge in [0.05, 0.1) is 22.9 Å². The zero-order valence-corrected chi connectivity index (χ0v) is 18.6. The summed E-state index contributed by atoms with van der Waals surface area (Å²) in [4.78, 5) is 17.8. The number of para-hydroxylation sites is 1. The Balaban J connectivity index is 1.70. The minimum Gasteiger partial charge on any atom is -0.496 e.